The largest absolute Gasteiger partial charge is 0.289 e. The Balaban J connectivity index is 1.98. The van der Waals surface area contributed by atoms with Gasteiger partial charge in [-0.25, -0.2) is 4.39 Å². The standard InChI is InChI=1S/C17H14BrFO/c18-16-10-14(19)7-8-15(16)17(20)13-6-5-11-3-1-2-4-12(11)9-13/h5-10H,1-4H2. The minimum atomic E-state index is -0.348. The minimum absolute atomic E-state index is 0.0646. The average Bonchev–Trinajstić information content (AvgIpc) is 2.46. The van der Waals surface area contributed by atoms with Crippen molar-refractivity contribution in [2.75, 3.05) is 0 Å². The first-order chi connectivity index (χ1) is 9.65. The summed E-state index contributed by atoms with van der Waals surface area (Å²) in [6.45, 7) is 0. The van der Waals surface area contributed by atoms with Crippen LogP contribution in [0.15, 0.2) is 40.9 Å². The van der Waals surface area contributed by atoms with E-state index in [1.54, 1.807) is 0 Å². The van der Waals surface area contributed by atoms with Crippen LogP contribution >= 0.6 is 15.9 Å². The molecule has 0 N–H and O–H groups in total. The van der Waals surface area contributed by atoms with Gasteiger partial charge in [0.15, 0.2) is 5.78 Å². The predicted molar refractivity (Wildman–Crippen MR) is 80.6 cm³/mol. The molecule has 0 radical (unpaired) electrons. The molecule has 0 saturated heterocycles. The summed E-state index contributed by atoms with van der Waals surface area (Å²) in [5.41, 5.74) is 3.81. The van der Waals surface area contributed by atoms with Crippen molar-refractivity contribution in [3.05, 3.63) is 68.9 Å². The van der Waals surface area contributed by atoms with Gasteiger partial charge in [-0.15, -0.1) is 0 Å². The Morgan fingerprint density at radius 2 is 1.75 bits per heavy atom. The monoisotopic (exact) mass is 332 g/mol. The van der Waals surface area contributed by atoms with Crippen LogP contribution in [-0.2, 0) is 12.8 Å². The number of carbonyl (C=O) groups excluding carboxylic acids is 1. The fourth-order valence-corrected chi connectivity index (χ4v) is 3.23. The third kappa shape index (κ3) is 2.55. The average molecular weight is 333 g/mol. The SMILES string of the molecule is O=C(c1ccc2c(c1)CCCC2)c1ccc(F)cc1Br. The number of carbonyl (C=O) groups is 1. The molecule has 0 unspecified atom stereocenters. The summed E-state index contributed by atoms with van der Waals surface area (Å²) in [5.74, 6) is -0.413. The Bertz CT molecular complexity index is 679. The van der Waals surface area contributed by atoms with E-state index in [1.807, 2.05) is 12.1 Å². The normalized spacial score (nSPS) is 13.9. The number of hydrogen-bond donors (Lipinski definition) is 0. The van der Waals surface area contributed by atoms with Gasteiger partial charge in [-0.3, -0.25) is 4.79 Å². The van der Waals surface area contributed by atoms with E-state index in [2.05, 4.69) is 22.0 Å². The summed E-state index contributed by atoms with van der Waals surface area (Å²) in [5, 5.41) is 0. The molecule has 0 heterocycles. The number of aryl methyl sites for hydroxylation is 2. The Labute approximate surface area is 126 Å². The molecule has 2 aromatic carbocycles. The zero-order valence-corrected chi connectivity index (χ0v) is 12.5. The molecule has 0 aliphatic heterocycles. The molecule has 0 spiro atoms. The summed E-state index contributed by atoms with van der Waals surface area (Å²) >= 11 is 3.26. The van der Waals surface area contributed by atoms with Crippen LogP contribution < -0.4 is 0 Å². The molecular formula is C17H14BrFO. The Morgan fingerprint density at radius 3 is 2.50 bits per heavy atom. The summed E-state index contributed by atoms with van der Waals surface area (Å²) < 4.78 is 13.6. The van der Waals surface area contributed by atoms with E-state index in [0.29, 0.717) is 15.6 Å². The van der Waals surface area contributed by atoms with Gasteiger partial charge in [0.25, 0.3) is 0 Å². The van der Waals surface area contributed by atoms with Crippen LogP contribution in [0.4, 0.5) is 4.39 Å². The maximum Gasteiger partial charge on any atom is 0.194 e. The minimum Gasteiger partial charge on any atom is -0.289 e. The fraction of sp³-hybridized carbons (Fsp3) is 0.235. The Kier molecular flexibility index (Phi) is 3.70. The highest BCUT2D eigenvalue weighted by Gasteiger charge is 2.16. The molecule has 0 amide bonds. The topological polar surface area (TPSA) is 17.1 Å². The van der Waals surface area contributed by atoms with Crippen molar-refractivity contribution in [2.24, 2.45) is 0 Å². The third-order valence-corrected chi connectivity index (χ3v) is 4.44. The molecule has 102 valence electrons. The molecule has 20 heavy (non-hydrogen) atoms. The van der Waals surface area contributed by atoms with Crippen molar-refractivity contribution in [3.63, 3.8) is 0 Å². The molecule has 0 atom stereocenters. The van der Waals surface area contributed by atoms with Crippen LogP contribution in [0.2, 0.25) is 0 Å². The van der Waals surface area contributed by atoms with E-state index >= 15 is 0 Å². The number of halogens is 2. The number of hydrogen-bond acceptors (Lipinski definition) is 1. The Morgan fingerprint density at radius 1 is 1.00 bits per heavy atom. The zero-order chi connectivity index (χ0) is 14.1. The van der Waals surface area contributed by atoms with Crippen LogP contribution in [0.1, 0.15) is 39.9 Å². The molecule has 0 fully saturated rings. The third-order valence-electron chi connectivity index (χ3n) is 3.79. The second-order valence-electron chi connectivity index (χ2n) is 5.14. The van der Waals surface area contributed by atoms with Gasteiger partial charge in [0, 0.05) is 15.6 Å². The number of fused-ring (bicyclic) bond motifs is 1. The molecule has 1 aliphatic carbocycles. The van der Waals surface area contributed by atoms with E-state index in [0.717, 1.165) is 12.8 Å². The van der Waals surface area contributed by atoms with Gasteiger partial charge < -0.3 is 0 Å². The van der Waals surface area contributed by atoms with Crippen molar-refractivity contribution in [2.45, 2.75) is 25.7 Å². The smallest absolute Gasteiger partial charge is 0.194 e. The quantitative estimate of drug-likeness (QED) is 0.728. The lowest BCUT2D eigenvalue weighted by Crippen LogP contribution is -2.07. The number of benzene rings is 2. The highest BCUT2D eigenvalue weighted by atomic mass is 79.9. The van der Waals surface area contributed by atoms with Crippen LogP contribution in [-0.4, -0.2) is 5.78 Å². The lowest BCUT2D eigenvalue weighted by Gasteiger charge is -2.16. The molecule has 1 aliphatic rings. The van der Waals surface area contributed by atoms with Gasteiger partial charge in [0.2, 0.25) is 0 Å². The summed E-state index contributed by atoms with van der Waals surface area (Å²) in [6, 6.07) is 10.1. The van der Waals surface area contributed by atoms with Crippen molar-refractivity contribution in [1.29, 1.82) is 0 Å². The maximum absolute atomic E-state index is 13.1. The summed E-state index contributed by atoms with van der Waals surface area (Å²) in [6.07, 6.45) is 4.56. The van der Waals surface area contributed by atoms with Gasteiger partial charge in [-0.2, -0.15) is 0 Å². The first-order valence-corrected chi connectivity index (χ1v) is 7.56. The van der Waals surface area contributed by atoms with Crippen LogP contribution in [0, 0.1) is 5.82 Å². The maximum atomic E-state index is 13.1. The number of ketones is 1. The van der Waals surface area contributed by atoms with Gasteiger partial charge in [-0.1, -0.05) is 12.1 Å². The highest BCUT2D eigenvalue weighted by Crippen LogP contribution is 2.25. The summed E-state index contributed by atoms with van der Waals surface area (Å²) in [4.78, 5) is 12.5. The lowest BCUT2D eigenvalue weighted by molar-refractivity contribution is 0.103. The molecule has 0 aromatic heterocycles. The highest BCUT2D eigenvalue weighted by molar-refractivity contribution is 9.10. The second kappa shape index (κ2) is 5.49. The van der Waals surface area contributed by atoms with E-state index in [9.17, 15) is 9.18 Å². The van der Waals surface area contributed by atoms with Crippen molar-refractivity contribution < 1.29 is 9.18 Å². The molecule has 0 bridgehead atoms. The first-order valence-electron chi connectivity index (χ1n) is 6.77. The zero-order valence-electron chi connectivity index (χ0n) is 11.0. The number of rotatable bonds is 2. The predicted octanol–water partition coefficient (Wildman–Crippen LogP) is 4.70. The van der Waals surface area contributed by atoms with Crippen LogP contribution in [0.25, 0.3) is 0 Å². The van der Waals surface area contributed by atoms with Gasteiger partial charge in [-0.05, 0) is 77.0 Å². The van der Waals surface area contributed by atoms with Crippen molar-refractivity contribution >= 4 is 21.7 Å². The van der Waals surface area contributed by atoms with Crippen LogP contribution in [0.5, 0.6) is 0 Å². The van der Waals surface area contributed by atoms with E-state index in [-0.39, 0.29) is 11.6 Å². The Hall–Kier alpha value is -1.48. The molecular weight excluding hydrogens is 319 g/mol. The van der Waals surface area contributed by atoms with E-state index in [1.165, 1.54) is 42.2 Å². The molecule has 3 rings (SSSR count). The van der Waals surface area contributed by atoms with Crippen LogP contribution in [0.3, 0.4) is 0 Å². The van der Waals surface area contributed by atoms with Gasteiger partial charge in [0.1, 0.15) is 5.82 Å². The first kappa shape index (κ1) is 13.5. The van der Waals surface area contributed by atoms with E-state index in [4.69, 9.17) is 0 Å². The van der Waals surface area contributed by atoms with Gasteiger partial charge in [0.05, 0.1) is 0 Å². The lowest BCUT2D eigenvalue weighted by atomic mass is 9.89. The van der Waals surface area contributed by atoms with E-state index < -0.39 is 0 Å². The molecule has 2 aromatic rings. The van der Waals surface area contributed by atoms with Gasteiger partial charge >= 0.3 is 0 Å². The fourth-order valence-electron chi connectivity index (χ4n) is 2.70. The van der Waals surface area contributed by atoms with Crippen molar-refractivity contribution in [1.82, 2.24) is 0 Å². The molecule has 1 nitrogen and oxygen atoms in total. The summed E-state index contributed by atoms with van der Waals surface area (Å²) in [7, 11) is 0. The molecule has 3 heteroatoms. The second-order valence-corrected chi connectivity index (χ2v) is 6.00. The molecule has 0 saturated carbocycles. The van der Waals surface area contributed by atoms with Crippen molar-refractivity contribution in [3.8, 4) is 0 Å².